The van der Waals surface area contributed by atoms with Crippen LogP contribution in [0.1, 0.15) is 22.3 Å². The smallest absolute Gasteiger partial charge is 0.245 e. The second-order valence-corrected chi connectivity index (χ2v) is 7.99. The molecule has 0 saturated carbocycles. The predicted octanol–water partition coefficient (Wildman–Crippen LogP) is 3.04. The second-order valence-electron chi connectivity index (χ2n) is 5.44. The van der Waals surface area contributed by atoms with Gasteiger partial charge in [0.2, 0.25) is 5.91 Å². The van der Waals surface area contributed by atoms with Crippen LogP contribution in [0.4, 0.5) is 4.39 Å². The van der Waals surface area contributed by atoms with Gasteiger partial charge >= 0.3 is 0 Å². The average Bonchev–Trinajstić information content (AvgIpc) is 3.20. The number of hydrogen-bond donors (Lipinski definition) is 1. The molecule has 0 fully saturated rings. The van der Waals surface area contributed by atoms with E-state index in [1.807, 2.05) is 12.1 Å². The van der Waals surface area contributed by atoms with Gasteiger partial charge in [0.05, 0.1) is 10.3 Å². The van der Waals surface area contributed by atoms with Crippen LogP contribution in [0.5, 0.6) is 0 Å². The van der Waals surface area contributed by atoms with E-state index in [-0.39, 0.29) is 11.7 Å². The molecule has 130 valence electrons. The third-order valence-corrected chi connectivity index (χ3v) is 5.29. The SMILES string of the molecule is Cc1nnnn1C(Cc1ccc(F)cc1)C(=O)NCc1ccc(Br)s1. The van der Waals surface area contributed by atoms with E-state index in [1.54, 1.807) is 30.4 Å². The number of aryl methyl sites for hydroxylation is 1. The van der Waals surface area contributed by atoms with Crippen LogP contribution in [0.2, 0.25) is 0 Å². The van der Waals surface area contributed by atoms with E-state index in [2.05, 4.69) is 36.8 Å². The van der Waals surface area contributed by atoms with Crippen molar-refractivity contribution < 1.29 is 9.18 Å². The zero-order valence-corrected chi connectivity index (χ0v) is 15.7. The molecule has 1 unspecified atom stereocenters. The van der Waals surface area contributed by atoms with Crippen LogP contribution in [0.15, 0.2) is 40.2 Å². The van der Waals surface area contributed by atoms with Crippen molar-refractivity contribution >= 4 is 33.2 Å². The molecule has 0 aliphatic heterocycles. The Kier molecular flexibility index (Phi) is 5.54. The monoisotopic (exact) mass is 423 g/mol. The second kappa shape index (κ2) is 7.83. The molecule has 0 radical (unpaired) electrons. The lowest BCUT2D eigenvalue weighted by molar-refractivity contribution is -0.124. The van der Waals surface area contributed by atoms with Crippen molar-refractivity contribution in [1.82, 2.24) is 25.5 Å². The highest BCUT2D eigenvalue weighted by Gasteiger charge is 2.24. The van der Waals surface area contributed by atoms with E-state index in [9.17, 15) is 9.18 Å². The molecule has 3 aromatic rings. The molecule has 0 aliphatic carbocycles. The predicted molar refractivity (Wildman–Crippen MR) is 95.6 cm³/mol. The third-order valence-electron chi connectivity index (χ3n) is 3.66. The molecule has 25 heavy (non-hydrogen) atoms. The number of nitrogens with one attached hydrogen (secondary N) is 1. The van der Waals surface area contributed by atoms with Crippen LogP contribution in [0.3, 0.4) is 0 Å². The van der Waals surface area contributed by atoms with E-state index in [0.29, 0.717) is 18.8 Å². The summed E-state index contributed by atoms with van der Waals surface area (Å²) in [6, 6.07) is 9.35. The average molecular weight is 424 g/mol. The van der Waals surface area contributed by atoms with Crippen molar-refractivity contribution in [2.45, 2.75) is 25.9 Å². The lowest BCUT2D eigenvalue weighted by atomic mass is 10.1. The van der Waals surface area contributed by atoms with Gasteiger partial charge in [-0.05, 0) is 63.1 Å². The number of nitrogens with zero attached hydrogens (tertiary/aromatic N) is 4. The number of hydrogen-bond acceptors (Lipinski definition) is 5. The third kappa shape index (κ3) is 4.49. The Balaban J connectivity index is 1.76. The topological polar surface area (TPSA) is 72.7 Å². The van der Waals surface area contributed by atoms with Gasteiger partial charge in [-0.25, -0.2) is 9.07 Å². The van der Waals surface area contributed by atoms with Gasteiger partial charge in [0.15, 0.2) is 0 Å². The Bertz CT molecular complexity index is 864. The lowest BCUT2D eigenvalue weighted by Crippen LogP contribution is -2.34. The summed E-state index contributed by atoms with van der Waals surface area (Å²) in [6.07, 6.45) is 0.367. The number of carbonyl (C=O) groups excluding carboxylic acids is 1. The van der Waals surface area contributed by atoms with Gasteiger partial charge in [0.25, 0.3) is 0 Å². The molecule has 1 atom stereocenters. The summed E-state index contributed by atoms with van der Waals surface area (Å²) in [6.45, 7) is 2.16. The minimum absolute atomic E-state index is 0.191. The Morgan fingerprint density at radius 3 is 2.68 bits per heavy atom. The molecule has 1 N–H and O–H groups in total. The largest absolute Gasteiger partial charge is 0.349 e. The normalized spacial score (nSPS) is 12.1. The van der Waals surface area contributed by atoms with Crippen LogP contribution in [-0.4, -0.2) is 26.1 Å². The molecule has 0 aliphatic rings. The summed E-state index contributed by atoms with van der Waals surface area (Å²) in [4.78, 5) is 13.8. The molecule has 9 heteroatoms. The van der Waals surface area contributed by atoms with Gasteiger partial charge in [0, 0.05) is 11.3 Å². The Morgan fingerprint density at radius 2 is 2.08 bits per heavy atom. The molecule has 2 heterocycles. The zero-order chi connectivity index (χ0) is 17.8. The van der Waals surface area contributed by atoms with Gasteiger partial charge in [-0.1, -0.05) is 12.1 Å². The fraction of sp³-hybridized carbons (Fsp3) is 0.250. The van der Waals surface area contributed by atoms with Crippen LogP contribution in [0, 0.1) is 12.7 Å². The molecule has 0 bridgehead atoms. The lowest BCUT2D eigenvalue weighted by Gasteiger charge is -2.17. The Labute approximate surface area is 156 Å². The molecular weight excluding hydrogens is 409 g/mol. The first-order chi connectivity index (χ1) is 12.0. The van der Waals surface area contributed by atoms with Crippen LogP contribution < -0.4 is 5.32 Å². The standard InChI is InChI=1S/C16H15BrFN5OS/c1-10-20-21-22-23(10)14(8-11-2-4-12(18)5-3-11)16(24)19-9-13-6-7-15(17)25-13/h2-7,14H,8-9H2,1H3,(H,19,24). The number of thiophene rings is 1. The number of carbonyl (C=O) groups is 1. The minimum atomic E-state index is -0.608. The maximum absolute atomic E-state index is 13.1. The summed E-state index contributed by atoms with van der Waals surface area (Å²) in [5, 5.41) is 14.3. The van der Waals surface area contributed by atoms with E-state index in [4.69, 9.17) is 0 Å². The summed E-state index contributed by atoms with van der Waals surface area (Å²) < 4.78 is 15.6. The molecule has 1 aromatic carbocycles. The molecule has 6 nitrogen and oxygen atoms in total. The van der Waals surface area contributed by atoms with E-state index in [0.717, 1.165) is 14.2 Å². The van der Waals surface area contributed by atoms with Gasteiger partial charge in [-0.3, -0.25) is 4.79 Å². The zero-order valence-electron chi connectivity index (χ0n) is 13.3. The van der Waals surface area contributed by atoms with Crippen molar-refractivity contribution in [3.63, 3.8) is 0 Å². The van der Waals surface area contributed by atoms with E-state index >= 15 is 0 Å². The summed E-state index contributed by atoms with van der Waals surface area (Å²) in [5.74, 6) is 0.0389. The molecule has 3 rings (SSSR count). The number of rotatable bonds is 6. The van der Waals surface area contributed by atoms with Crippen molar-refractivity contribution in [2.75, 3.05) is 0 Å². The number of benzene rings is 1. The van der Waals surface area contributed by atoms with Gasteiger partial charge in [0.1, 0.15) is 17.7 Å². The van der Waals surface area contributed by atoms with Crippen molar-refractivity contribution in [3.05, 3.63) is 62.3 Å². The Morgan fingerprint density at radius 1 is 1.32 bits per heavy atom. The molecule has 2 aromatic heterocycles. The van der Waals surface area contributed by atoms with Crippen molar-refractivity contribution in [2.24, 2.45) is 0 Å². The molecule has 0 spiro atoms. The van der Waals surface area contributed by atoms with Gasteiger partial charge < -0.3 is 5.32 Å². The summed E-state index contributed by atoms with van der Waals surface area (Å²) in [7, 11) is 0. The highest BCUT2D eigenvalue weighted by atomic mass is 79.9. The highest BCUT2D eigenvalue weighted by Crippen LogP contribution is 2.22. The number of amides is 1. The molecule has 0 saturated heterocycles. The van der Waals surface area contributed by atoms with E-state index in [1.165, 1.54) is 16.8 Å². The number of halogens is 2. The Hall–Kier alpha value is -2.13. The maximum atomic E-state index is 13.1. The maximum Gasteiger partial charge on any atom is 0.245 e. The fourth-order valence-electron chi connectivity index (χ4n) is 2.40. The molecular formula is C16H15BrFN5OS. The van der Waals surface area contributed by atoms with Gasteiger partial charge in [-0.15, -0.1) is 16.4 Å². The van der Waals surface area contributed by atoms with Crippen LogP contribution >= 0.6 is 27.3 Å². The van der Waals surface area contributed by atoms with E-state index < -0.39 is 6.04 Å². The first kappa shape index (κ1) is 17.7. The van der Waals surface area contributed by atoms with Crippen molar-refractivity contribution in [1.29, 1.82) is 0 Å². The quantitative estimate of drug-likeness (QED) is 0.661. The van der Waals surface area contributed by atoms with Crippen LogP contribution in [-0.2, 0) is 17.8 Å². The number of aromatic nitrogens is 4. The summed E-state index contributed by atoms with van der Waals surface area (Å²) >= 11 is 4.96. The minimum Gasteiger partial charge on any atom is -0.349 e. The fourth-order valence-corrected chi connectivity index (χ4v) is 3.82. The molecule has 1 amide bonds. The van der Waals surface area contributed by atoms with Crippen molar-refractivity contribution in [3.8, 4) is 0 Å². The highest BCUT2D eigenvalue weighted by molar-refractivity contribution is 9.11. The van der Waals surface area contributed by atoms with Gasteiger partial charge in [-0.2, -0.15) is 0 Å². The first-order valence-electron chi connectivity index (χ1n) is 7.54. The first-order valence-corrected chi connectivity index (χ1v) is 9.14. The summed E-state index contributed by atoms with van der Waals surface area (Å²) in [5.41, 5.74) is 0.829. The number of tetrazole rings is 1. The van der Waals surface area contributed by atoms with Crippen LogP contribution in [0.25, 0.3) is 0 Å².